The van der Waals surface area contributed by atoms with Gasteiger partial charge in [0.2, 0.25) is 0 Å². The molecule has 4 nitrogen and oxygen atoms in total. The molecule has 1 heterocycles. The summed E-state index contributed by atoms with van der Waals surface area (Å²) in [7, 11) is 0. The molecule has 1 aliphatic heterocycles. The lowest BCUT2D eigenvalue weighted by molar-refractivity contribution is -0.148. The third-order valence-corrected chi connectivity index (χ3v) is 2.12. The molecule has 1 aliphatic rings. The molecule has 14 heavy (non-hydrogen) atoms. The maximum absolute atomic E-state index is 11.3. The Hall–Kier alpha value is -0.900. The molecule has 0 saturated carbocycles. The molecule has 0 aromatic heterocycles. The Balaban J connectivity index is 2.44. The second kappa shape index (κ2) is 5.75. The van der Waals surface area contributed by atoms with Crippen LogP contribution in [-0.4, -0.2) is 31.1 Å². The highest BCUT2D eigenvalue weighted by atomic mass is 16.5. The molecule has 0 aliphatic carbocycles. The van der Waals surface area contributed by atoms with Crippen LogP contribution in [0.15, 0.2) is 0 Å². The van der Waals surface area contributed by atoms with Gasteiger partial charge in [-0.25, -0.2) is 0 Å². The first-order valence-corrected chi connectivity index (χ1v) is 4.95. The fraction of sp³-hybridized carbons (Fsp3) is 0.800. The fourth-order valence-corrected chi connectivity index (χ4v) is 1.51. The molecule has 1 saturated heterocycles. The van der Waals surface area contributed by atoms with Crippen LogP contribution < -0.4 is 0 Å². The molecular formula is C10H16O4. The van der Waals surface area contributed by atoms with E-state index in [-0.39, 0.29) is 24.5 Å². The van der Waals surface area contributed by atoms with Crippen LogP contribution in [0.1, 0.15) is 32.6 Å². The summed E-state index contributed by atoms with van der Waals surface area (Å²) < 4.78 is 10.2. The molecule has 0 bridgehead atoms. The van der Waals surface area contributed by atoms with Crippen molar-refractivity contribution in [2.45, 2.75) is 38.7 Å². The summed E-state index contributed by atoms with van der Waals surface area (Å²) in [5.41, 5.74) is 0. The standard InChI is InChI=1S/C10H16O4/c1-8(11)14-10-4-2-3-5-13-7-9(12)6-10/h10H,2-7H2,1H3. The predicted molar refractivity (Wildman–Crippen MR) is 49.8 cm³/mol. The van der Waals surface area contributed by atoms with Crippen molar-refractivity contribution in [3.63, 3.8) is 0 Å². The smallest absolute Gasteiger partial charge is 0.302 e. The Morgan fingerprint density at radius 1 is 1.50 bits per heavy atom. The van der Waals surface area contributed by atoms with Crippen LogP contribution >= 0.6 is 0 Å². The van der Waals surface area contributed by atoms with Crippen LogP contribution in [0.3, 0.4) is 0 Å². The van der Waals surface area contributed by atoms with Crippen molar-refractivity contribution in [2.24, 2.45) is 0 Å². The number of ketones is 1. The number of hydrogen-bond donors (Lipinski definition) is 0. The second-order valence-corrected chi connectivity index (χ2v) is 3.52. The predicted octanol–water partition coefficient (Wildman–Crippen LogP) is 1.08. The third kappa shape index (κ3) is 4.37. The van der Waals surface area contributed by atoms with Crippen LogP contribution in [0.2, 0.25) is 0 Å². The van der Waals surface area contributed by atoms with Gasteiger partial charge in [0, 0.05) is 20.0 Å². The summed E-state index contributed by atoms with van der Waals surface area (Å²) in [6, 6.07) is 0. The van der Waals surface area contributed by atoms with Gasteiger partial charge in [0.25, 0.3) is 0 Å². The molecule has 0 aromatic rings. The van der Waals surface area contributed by atoms with Gasteiger partial charge in [0.05, 0.1) is 0 Å². The quantitative estimate of drug-likeness (QED) is 0.594. The number of rotatable bonds is 1. The van der Waals surface area contributed by atoms with Crippen molar-refractivity contribution in [1.82, 2.24) is 0 Å². The van der Waals surface area contributed by atoms with Crippen LogP contribution in [-0.2, 0) is 19.1 Å². The van der Waals surface area contributed by atoms with Gasteiger partial charge in [-0.15, -0.1) is 0 Å². The number of esters is 1. The molecule has 1 fully saturated rings. The van der Waals surface area contributed by atoms with Gasteiger partial charge >= 0.3 is 5.97 Å². The van der Waals surface area contributed by atoms with Crippen molar-refractivity contribution < 1.29 is 19.1 Å². The van der Waals surface area contributed by atoms with E-state index in [2.05, 4.69) is 0 Å². The van der Waals surface area contributed by atoms with Gasteiger partial charge in [-0.2, -0.15) is 0 Å². The molecule has 80 valence electrons. The lowest BCUT2D eigenvalue weighted by Crippen LogP contribution is -2.21. The minimum atomic E-state index is -0.317. The molecule has 1 atom stereocenters. The third-order valence-electron chi connectivity index (χ3n) is 2.12. The maximum Gasteiger partial charge on any atom is 0.302 e. The SMILES string of the molecule is CC(=O)OC1CCCCOCC(=O)C1. The van der Waals surface area contributed by atoms with Crippen molar-refractivity contribution >= 4 is 11.8 Å². The molecule has 0 N–H and O–H groups in total. The van der Waals surface area contributed by atoms with E-state index in [0.29, 0.717) is 13.0 Å². The van der Waals surface area contributed by atoms with E-state index in [9.17, 15) is 9.59 Å². The summed E-state index contributed by atoms with van der Waals surface area (Å²) in [5.74, 6) is -0.305. The Labute approximate surface area is 83.6 Å². The zero-order chi connectivity index (χ0) is 10.4. The molecule has 0 radical (unpaired) electrons. The van der Waals surface area contributed by atoms with Gasteiger partial charge in [-0.05, 0) is 19.3 Å². The van der Waals surface area contributed by atoms with Gasteiger partial charge in [0.1, 0.15) is 12.7 Å². The van der Waals surface area contributed by atoms with Crippen molar-refractivity contribution in [3.05, 3.63) is 0 Å². The minimum absolute atomic E-state index is 0.0122. The van der Waals surface area contributed by atoms with Crippen molar-refractivity contribution in [2.75, 3.05) is 13.2 Å². The molecule has 4 heteroatoms. The number of hydrogen-bond acceptors (Lipinski definition) is 4. The highest BCUT2D eigenvalue weighted by Gasteiger charge is 2.17. The topological polar surface area (TPSA) is 52.6 Å². The first kappa shape index (κ1) is 11.2. The van der Waals surface area contributed by atoms with E-state index in [1.54, 1.807) is 0 Å². The van der Waals surface area contributed by atoms with Crippen LogP contribution in [0.5, 0.6) is 0 Å². The van der Waals surface area contributed by atoms with Gasteiger partial charge < -0.3 is 9.47 Å². The largest absolute Gasteiger partial charge is 0.462 e. The number of ether oxygens (including phenoxy) is 2. The van der Waals surface area contributed by atoms with Gasteiger partial charge in [-0.3, -0.25) is 9.59 Å². The van der Waals surface area contributed by atoms with Crippen LogP contribution in [0.4, 0.5) is 0 Å². The van der Waals surface area contributed by atoms with Gasteiger partial charge in [0.15, 0.2) is 5.78 Å². The average molecular weight is 200 g/mol. The molecule has 1 rings (SSSR count). The van der Waals surface area contributed by atoms with E-state index < -0.39 is 0 Å². The zero-order valence-electron chi connectivity index (χ0n) is 8.45. The first-order valence-electron chi connectivity index (χ1n) is 4.95. The second-order valence-electron chi connectivity index (χ2n) is 3.52. The summed E-state index contributed by atoms with van der Waals surface area (Å²) in [6.07, 6.45) is 2.66. The molecule has 0 spiro atoms. The highest BCUT2D eigenvalue weighted by molar-refractivity contribution is 5.80. The van der Waals surface area contributed by atoms with Crippen molar-refractivity contribution in [1.29, 1.82) is 0 Å². The van der Waals surface area contributed by atoms with E-state index in [4.69, 9.17) is 9.47 Å². The highest BCUT2D eigenvalue weighted by Crippen LogP contribution is 2.12. The fourth-order valence-electron chi connectivity index (χ4n) is 1.51. The number of carbonyl (C=O) groups is 2. The average Bonchev–Trinajstić information content (AvgIpc) is 2.16. The Kier molecular flexibility index (Phi) is 4.59. The lowest BCUT2D eigenvalue weighted by Gasteiger charge is -2.14. The Morgan fingerprint density at radius 3 is 3.00 bits per heavy atom. The van der Waals surface area contributed by atoms with Crippen LogP contribution in [0, 0.1) is 0 Å². The Bertz CT molecular complexity index is 212. The number of carbonyl (C=O) groups excluding carboxylic acids is 2. The van der Waals surface area contributed by atoms with E-state index in [1.807, 2.05) is 0 Å². The Morgan fingerprint density at radius 2 is 2.29 bits per heavy atom. The molecular weight excluding hydrogens is 184 g/mol. The lowest BCUT2D eigenvalue weighted by atomic mass is 10.1. The first-order chi connectivity index (χ1) is 6.68. The summed E-state index contributed by atoms with van der Waals surface area (Å²) in [6.45, 7) is 2.14. The molecule has 1 unspecified atom stereocenters. The van der Waals surface area contributed by atoms with Crippen molar-refractivity contribution in [3.8, 4) is 0 Å². The normalized spacial score (nSPS) is 24.6. The van der Waals surface area contributed by atoms with E-state index in [0.717, 1.165) is 19.3 Å². The van der Waals surface area contributed by atoms with E-state index >= 15 is 0 Å². The maximum atomic E-state index is 11.3. The molecule has 0 aromatic carbocycles. The summed E-state index contributed by atoms with van der Waals surface area (Å²) in [5, 5.41) is 0. The minimum Gasteiger partial charge on any atom is -0.462 e. The summed E-state index contributed by atoms with van der Waals surface area (Å²) >= 11 is 0. The monoisotopic (exact) mass is 200 g/mol. The number of Topliss-reactive ketones (excluding diaryl/α,β-unsaturated/α-hetero) is 1. The zero-order valence-corrected chi connectivity index (χ0v) is 8.45. The van der Waals surface area contributed by atoms with Gasteiger partial charge in [-0.1, -0.05) is 0 Å². The molecule has 0 amide bonds. The summed E-state index contributed by atoms with van der Waals surface area (Å²) in [4.78, 5) is 22.0. The van der Waals surface area contributed by atoms with E-state index in [1.165, 1.54) is 6.92 Å². The van der Waals surface area contributed by atoms with Crippen LogP contribution in [0.25, 0.3) is 0 Å².